The van der Waals surface area contributed by atoms with E-state index >= 15 is 0 Å². The van der Waals surface area contributed by atoms with Gasteiger partial charge >= 0.3 is 0 Å². The first kappa shape index (κ1) is 20.5. The highest BCUT2D eigenvalue weighted by molar-refractivity contribution is 5.79. The molecule has 0 aliphatic rings. The van der Waals surface area contributed by atoms with E-state index in [1.54, 1.807) is 32.5 Å². The summed E-state index contributed by atoms with van der Waals surface area (Å²) in [6.07, 6.45) is 1.64. The van der Waals surface area contributed by atoms with Crippen LogP contribution in [0.25, 0.3) is 0 Å². The summed E-state index contributed by atoms with van der Waals surface area (Å²) in [7, 11) is 3.36. The molecular formula is C20H27FN4O2. The summed E-state index contributed by atoms with van der Waals surface area (Å²) in [5, 5.41) is 6.43. The van der Waals surface area contributed by atoms with Gasteiger partial charge in [0.2, 0.25) is 0 Å². The SMILES string of the molecule is CN=C(NCc1ncc(C)c(OC)c1C)NCC(C)Oc1cccc(F)c1. The first-order valence-electron chi connectivity index (χ1n) is 8.80. The highest BCUT2D eigenvalue weighted by Gasteiger charge is 2.11. The Balaban J connectivity index is 1.87. The predicted molar refractivity (Wildman–Crippen MR) is 105 cm³/mol. The van der Waals surface area contributed by atoms with Gasteiger partial charge in [-0.2, -0.15) is 0 Å². The lowest BCUT2D eigenvalue weighted by molar-refractivity contribution is 0.223. The second kappa shape index (κ2) is 9.75. The number of guanidine groups is 1. The monoisotopic (exact) mass is 374 g/mol. The van der Waals surface area contributed by atoms with Crippen LogP contribution < -0.4 is 20.1 Å². The zero-order valence-electron chi connectivity index (χ0n) is 16.5. The molecule has 0 radical (unpaired) electrons. The smallest absolute Gasteiger partial charge is 0.191 e. The van der Waals surface area contributed by atoms with Crippen molar-refractivity contribution in [3.8, 4) is 11.5 Å². The Morgan fingerprint density at radius 1 is 1.30 bits per heavy atom. The van der Waals surface area contributed by atoms with Crippen molar-refractivity contribution in [1.82, 2.24) is 15.6 Å². The summed E-state index contributed by atoms with van der Waals surface area (Å²) in [5.74, 6) is 1.66. The van der Waals surface area contributed by atoms with Gasteiger partial charge in [0, 0.05) is 30.4 Å². The summed E-state index contributed by atoms with van der Waals surface area (Å²) in [6.45, 7) is 6.89. The molecule has 1 aromatic carbocycles. The number of pyridine rings is 1. The van der Waals surface area contributed by atoms with Gasteiger partial charge in [0.15, 0.2) is 5.96 Å². The third kappa shape index (κ3) is 5.84. The Bertz CT molecular complexity index is 796. The zero-order valence-corrected chi connectivity index (χ0v) is 16.5. The number of nitrogens with zero attached hydrogens (tertiary/aromatic N) is 2. The number of halogens is 1. The summed E-state index contributed by atoms with van der Waals surface area (Å²) < 4.78 is 24.4. The third-order valence-corrected chi connectivity index (χ3v) is 4.09. The average Bonchev–Trinajstić information content (AvgIpc) is 2.63. The first-order valence-corrected chi connectivity index (χ1v) is 8.80. The average molecular weight is 374 g/mol. The van der Waals surface area contributed by atoms with Gasteiger partial charge in [0.05, 0.1) is 25.9 Å². The largest absolute Gasteiger partial charge is 0.496 e. The number of aliphatic imine (C=N–C) groups is 1. The molecule has 2 rings (SSSR count). The third-order valence-electron chi connectivity index (χ3n) is 4.09. The summed E-state index contributed by atoms with van der Waals surface area (Å²) >= 11 is 0. The number of hydrogen-bond acceptors (Lipinski definition) is 4. The van der Waals surface area contributed by atoms with Crippen molar-refractivity contribution < 1.29 is 13.9 Å². The standard InChI is InChI=1S/C20H27FN4O2/c1-13-10-23-18(15(3)19(13)26-5)12-25-20(22-4)24-11-14(2)27-17-8-6-7-16(21)9-17/h6-10,14H,11-12H2,1-5H3,(H2,22,24,25). The highest BCUT2D eigenvalue weighted by Crippen LogP contribution is 2.23. The Hall–Kier alpha value is -2.83. The molecule has 0 aliphatic heterocycles. The van der Waals surface area contributed by atoms with Crippen molar-refractivity contribution in [2.75, 3.05) is 20.7 Å². The lowest BCUT2D eigenvalue weighted by Gasteiger charge is -2.18. The van der Waals surface area contributed by atoms with Crippen LogP contribution in [0.4, 0.5) is 4.39 Å². The van der Waals surface area contributed by atoms with Crippen LogP contribution in [0.3, 0.4) is 0 Å². The molecule has 6 nitrogen and oxygen atoms in total. The summed E-state index contributed by atoms with van der Waals surface area (Å²) in [6, 6.07) is 6.10. The molecule has 2 aromatic rings. The minimum atomic E-state index is -0.318. The fourth-order valence-corrected chi connectivity index (χ4v) is 2.69. The molecule has 0 saturated carbocycles. The van der Waals surface area contributed by atoms with Crippen LogP contribution in [-0.2, 0) is 6.54 Å². The molecule has 0 saturated heterocycles. The molecule has 1 heterocycles. The minimum Gasteiger partial charge on any atom is -0.496 e. The Labute approximate surface area is 159 Å². The van der Waals surface area contributed by atoms with Crippen LogP contribution in [0.2, 0.25) is 0 Å². The molecule has 1 atom stereocenters. The molecular weight excluding hydrogens is 347 g/mol. The second-order valence-corrected chi connectivity index (χ2v) is 6.24. The Morgan fingerprint density at radius 3 is 2.74 bits per heavy atom. The van der Waals surface area contributed by atoms with E-state index in [0.29, 0.717) is 24.8 Å². The van der Waals surface area contributed by atoms with Gasteiger partial charge in [-0.3, -0.25) is 9.98 Å². The molecule has 1 aromatic heterocycles. The quantitative estimate of drug-likeness (QED) is 0.576. The van der Waals surface area contributed by atoms with Crippen LogP contribution in [0, 0.1) is 19.7 Å². The first-order chi connectivity index (χ1) is 12.9. The van der Waals surface area contributed by atoms with Crippen LogP contribution >= 0.6 is 0 Å². The van der Waals surface area contributed by atoms with Crippen LogP contribution in [-0.4, -0.2) is 37.7 Å². The van der Waals surface area contributed by atoms with E-state index in [4.69, 9.17) is 9.47 Å². The summed E-state index contributed by atoms with van der Waals surface area (Å²) in [4.78, 5) is 8.67. The lowest BCUT2D eigenvalue weighted by atomic mass is 10.1. The van der Waals surface area contributed by atoms with E-state index in [1.165, 1.54) is 12.1 Å². The molecule has 0 bridgehead atoms. The number of ether oxygens (including phenoxy) is 2. The fourth-order valence-electron chi connectivity index (χ4n) is 2.69. The van der Waals surface area contributed by atoms with Gasteiger partial charge in [-0.15, -0.1) is 0 Å². The fraction of sp³-hybridized carbons (Fsp3) is 0.400. The maximum absolute atomic E-state index is 13.2. The maximum atomic E-state index is 13.2. The van der Waals surface area contributed by atoms with Crippen LogP contribution in [0.1, 0.15) is 23.7 Å². The molecule has 27 heavy (non-hydrogen) atoms. The topological polar surface area (TPSA) is 67.8 Å². The van der Waals surface area contributed by atoms with E-state index in [0.717, 1.165) is 22.6 Å². The molecule has 146 valence electrons. The van der Waals surface area contributed by atoms with E-state index in [1.807, 2.05) is 20.8 Å². The Morgan fingerprint density at radius 2 is 2.07 bits per heavy atom. The maximum Gasteiger partial charge on any atom is 0.191 e. The lowest BCUT2D eigenvalue weighted by Crippen LogP contribution is -2.41. The van der Waals surface area contributed by atoms with Crippen molar-refractivity contribution >= 4 is 5.96 Å². The number of benzene rings is 1. The van der Waals surface area contributed by atoms with Crippen molar-refractivity contribution in [3.63, 3.8) is 0 Å². The number of hydrogen-bond donors (Lipinski definition) is 2. The molecule has 0 aliphatic carbocycles. The van der Waals surface area contributed by atoms with Gasteiger partial charge in [-0.25, -0.2) is 4.39 Å². The minimum absolute atomic E-state index is 0.162. The van der Waals surface area contributed by atoms with Crippen LogP contribution in [0.5, 0.6) is 11.5 Å². The van der Waals surface area contributed by atoms with E-state index in [2.05, 4.69) is 20.6 Å². The number of aromatic nitrogens is 1. The van der Waals surface area contributed by atoms with E-state index in [-0.39, 0.29) is 11.9 Å². The summed E-state index contributed by atoms with van der Waals surface area (Å²) in [5.41, 5.74) is 2.90. The Kier molecular flexibility index (Phi) is 7.40. The van der Waals surface area contributed by atoms with Crippen molar-refractivity contribution in [3.05, 3.63) is 53.1 Å². The van der Waals surface area contributed by atoms with Gasteiger partial charge in [0.25, 0.3) is 0 Å². The number of methoxy groups -OCH3 is 1. The molecule has 7 heteroatoms. The normalized spacial score (nSPS) is 12.4. The predicted octanol–water partition coefficient (Wildman–Crippen LogP) is 2.98. The number of nitrogens with one attached hydrogen (secondary N) is 2. The van der Waals surface area contributed by atoms with Gasteiger partial charge < -0.3 is 20.1 Å². The van der Waals surface area contributed by atoms with Crippen LogP contribution in [0.15, 0.2) is 35.5 Å². The number of rotatable bonds is 7. The van der Waals surface area contributed by atoms with E-state index < -0.39 is 0 Å². The van der Waals surface area contributed by atoms with Gasteiger partial charge in [-0.1, -0.05) is 6.07 Å². The zero-order chi connectivity index (χ0) is 19.8. The van der Waals surface area contributed by atoms with Gasteiger partial charge in [0.1, 0.15) is 23.4 Å². The van der Waals surface area contributed by atoms with Crippen molar-refractivity contribution in [2.24, 2.45) is 4.99 Å². The second-order valence-electron chi connectivity index (χ2n) is 6.24. The molecule has 2 N–H and O–H groups in total. The molecule has 0 fully saturated rings. The highest BCUT2D eigenvalue weighted by atomic mass is 19.1. The molecule has 1 unspecified atom stereocenters. The molecule has 0 amide bonds. The van der Waals surface area contributed by atoms with Crippen molar-refractivity contribution in [2.45, 2.75) is 33.4 Å². The van der Waals surface area contributed by atoms with Gasteiger partial charge in [-0.05, 0) is 32.9 Å². The van der Waals surface area contributed by atoms with E-state index in [9.17, 15) is 4.39 Å². The van der Waals surface area contributed by atoms with Crippen molar-refractivity contribution in [1.29, 1.82) is 0 Å². The number of aryl methyl sites for hydroxylation is 1. The molecule has 0 spiro atoms.